The molecule has 2 aliphatic heterocycles. The third-order valence-corrected chi connectivity index (χ3v) is 5.08. The molecule has 0 aromatic heterocycles. The second kappa shape index (κ2) is 6.15. The predicted molar refractivity (Wildman–Crippen MR) is 99.5 cm³/mol. The molecular weight excluding hydrogens is 376 g/mol. The topological polar surface area (TPSA) is 39.7 Å². The maximum atomic E-state index is 6.54. The van der Waals surface area contributed by atoms with Gasteiger partial charge in [-0.05, 0) is 40.2 Å². The monoisotopic (exact) mass is 390 g/mol. The van der Waals surface area contributed by atoms with Crippen molar-refractivity contribution in [2.75, 3.05) is 31.5 Å². The number of nitrogens with one attached hydrogen (secondary N) is 2. The molecule has 0 spiro atoms. The minimum Gasteiger partial charge on any atom is -0.353 e. The van der Waals surface area contributed by atoms with Gasteiger partial charge in [0.2, 0.25) is 0 Å². The Morgan fingerprint density at radius 2 is 1.78 bits per heavy atom. The van der Waals surface area contributed by atoms with Crippen LogP contribution in [0, 0.1) is 0 Å². The van der Waals surface area contributed by atoms with E-state index >= 15 is 0 Å². The second-order valence-corrected chi connectivity index (χ2v) is 6.86. The Morgan fingerprint density at radius 1 is 1.04 bits per heavy atom. The number of hydrogen-bond acceptors (Lipinski definition) is 4. The summed E-state index contributed by atoms with van der Waals surface area (Å²) in [5.74, 6) is 0.935. The number of para-hydroxylation sites is 1. The van der Waals surface area contributed by atoms with Crippen LogP contribution in [0.5, 0.6) is 0 Å². The Kier molecular flexibility index (Phi) is 4.01. The fraction of sp³-hybridized carbons (Fsp3) is 0.235. The van der Waals surface area contributed by atoms with E-state index in [1.165, 1.54) is 0 Å². The number of aliphatic imine (C=N–C) groups is 1. The molecule has 0 atom stereocenters. The fourth-order valence-corrected chi connectivity index (χ4v) is 3.71. The van der Waals surface area contributed by atoms with Crippen LogP contribution >= 0.6 is 27.5 Å². The Bertz CT molecular complexity index is 784. The summed E-state index contributed by atoms with van der Waals surface area (Å²) in [6.45, 7) is 3.75. The zero-order valence-electron chi connectivity index (χ0n) is 12.4. The van der Waals surface area contributed by atoms with Crippen LogP contribution < -0.4 is 10.6 Å². The van der Waals surface area contributed by atoms with Gasteiger partial charge in [0.05, 0.1) is 22.0 Å². The van der Waals surface area contributed by atoms with Crippen molar-refractivity contribution in [3.05, 3.63) is 51.5 Å². The van der Waals surface area contributed by atoms with Crippen LogP contribution in [0.4, 0.5) is 17.1 Å². The number of fused-ring (bicyclic) bond motifs is 2. The zero-order valence-corrected chi connectivity index (χ0v) is 14.8. The molecule has 0 bridgehead atoms. The maximum Gasteiger partial charge on any atom is 0.140 e. The van der Waals surface area contributed by atoms with Crippen LogP contribution in [-0.2, 0) is 0 Å². The van der Waals surface area contributed by atoms with E-state index in [4.69, 9.17) is 16.6 Å². The first-order valence-corrected chi connectivity index (χ1v) is 8.80. The molecule has 0 saturated carbocycles. The summed E-state index contributed by atoms with van der Waals surface area (Å²) in [4.78, 5) is 7.29. The normalized spacial score (nSPS) is 16.8. The molecule has 0 amide bonds. The molecule has 0 unspecified atom stereocenters. The quantitative estimate of drug-likeness (QED) is 0.709. The van der Waals surface area contributed by atoms with Crippen LogP contribution in [0.15, 0.2) is 45.9 Å². The number of rotatable bonds is 0. The molecule has 6 heteroatoms. The molecule has 1 saturated heterocycles. The summed E-state index contributed by atoms with van der Waals surface area (Å²) in [6, 6.07) is 12.0. The number of amidine groups is 1. The molecule has 4 rings (SSSR count). The van der Waals surface area contributed by atoms with Gasteiger partial charge >= 0.3 is 0 Å². The SMILES string of the molecule is Clc1cccc2c1C(N1CCNCC1)=Nc1c(Br)cccc1N2. The molecule has 23 heavy (non-hydrogen) atoms. The van der Waals surface area contributed by atoms with Gasteiger partial charge in [-0.1, -0.05) is 23.7 Å². The Labute approximate surface area is 148 Å². The zero-order chi connectivity index (χ0) is 15.8. The van der Waals surface area contributed by atoms with E-state index in [2.05, 4.69) is 37.5 Å². The van der Waals surface area contributed by atoms with Crippen LogP contribution in [0.3, 0.4) is 0 Å². The number of piperazine rings is 1. The Hall–Kier alpha value is -1.56. The molecular formula is C17H16BrClN4. The van der Waals surface area contributed by atoms with Gasteiger partial charge in [0.1, 0.15) is 11.5 Å². The second-order valence-electron chi connectivity index (χ2n) is 5.60. The molecule has 0 radical (unpaired) electrons. The van der Waals surface area contributed by atoms with Crippen molar-refractivity contribution in [1.29, 1.82) is 0 Å². The summed E-state index contributed by atoms with van der Waals surface area (Å²) in [7, 11) is 0. The first-order chi connectivity index (χ1) is 11.2. The number of hydrogen-bond donors (Lipinski definition) is 2. The third kappa shape index (κ3) is 2.73. The number of anilines is 2. The molecule has 4 nitrogen and oxygen atoms in total. The largest absolute Gasteiger partial charge is 0.353 e. The average molecular weight is 392 g/mol. The Balaban J connectivity index is 1.94. The molecule has 118 valence electrons. The molecule has 0 aliphatic carbocycles. The van der Waals surface area contributed by atoms with E-state index in [-0.39, 0.29) is 0 Å². The van der Waals surface area contributed by atoms with Crippen LogP contribution in [0.25, 0.3) is 0 Å². The standard InChI is InChI=1S/C17H16BrClN4/c18-11-3-1-6-14-16(11)22-17(23-9-7-20-8-10-23)15-12(19)4-2-5-13(15)21-14/h1-6,20-21H,7-10H2. The lowest BCUT2D eigenvalue weighted by Crippen LogP contribution is -2.46. The van der Waals surface area contributed by atoms with E-state index in [0.29, 0.717) is 0 Å². The van der Waals surface area contributed by atoms with Gasteiger partial charge in [0.15, 0.2) is 0 Å². The number of halogens is 2. The van der Waals surface area contributed by atoms with E-state index in [1.807, 2.05) is 30.3 Å². The van der Waals surface area contributed by atoms with Crippen LogP contribution in [-0.4, -0.2) is 36.9 Å². The molecule has 2 aromatic carbocycles. The highest BCUT2D eigenvalue weighted by molar-refractivity contribution is 9.10. The van der Waals surface area contributed by atoms with Crippen molar-refractivity contribution in [3.63, 3.8) is 0 Å². The van der Waals surface area contributed by atoms with E-state index < -0.39 is 0 Å². The molecule has 1 fully saturated rings. The maximum absolute atomic E-state index is 6.54. The third-order valence-electron chi connectivity index (χ3n) is 4.13. The van der Waals surface area contributed by atoms with Gasteiger partial charge in [0.25, 0.3) is 0 Å². The lowest BCUT2D eigenvalue weighted by atomic mass is 10.1. The number of nitrogens with zero attached hydrogens (tertiary/aromatic N) is 2. The van der Waals surface area contributed by atoms with Crippen molar-refractivity contribution < 1.29 is 0 Å². The lowest BCUT2D eigenvalue weighted by molar-refractivity contribution is 0.358. The molecule has 2 aromatic rings. The lowest BCUT2D eigenvalue weighted by Gasteiger charge is -2.31. The molecule has 2 heterocycles. The Morgan fingerprint density at radius 3 is 2.61 bits per heavy atom. The van der Waals surface area contributed by atoms with E-state index in [0.717, 1.165) is 64.1 Å². The van der Waals surface area contributed by atoms with Gasteiger partial charge in [-0.15, -0.1) is 0 Å². The highest BCUT2D eigenvalue weighted by Crippen LogP contribution is 2.41. The first kappa shape index (κ1) is 15.0. The average Bonchev–Trinajstić information content (AvgIpc) is 2.74. The molecule has 2 aliphatic rings. The highest BCUT2D eigenvalue weighted by Gasteiger charge is 2.25. The fourth-order valence-electron chi connectivity index (χ4n) is 3.00. The summed E-state index contributed by atoms with van der Waals surface area (Å²) in [5.41, 5.74) is 3.85. The van der Waals surface area contributed by atoms with Gasteiger partial charge in [-0.2, -0.15) is 0 Å². The van der Waals surface area contributed by atoms with Crippen molar-refractivity contribution in [1.82, 2.24) is 10.2 Å². The first-order valence-electron chi connectivity index (χ1n) is 7.63. The van der Waals surface area contributed by atoms with Gasteiger partial charge < -0.3 is 15.5 Å². The van der Waals surface area contributed by atoms with Crippen molar-refractivity contribution in [2.24, 2.45) is 4.99 Å². The van der Waals surface area contributed by atoms with Gasteiger partial charge in [0, 0.05) is 30.7 Å². The van der Waals surface area contributed by atoms with Crippen molar-refractivity contribution in [2.45, 2.75) is 0 Å². The summed E-state index contributed by atoms with van der Waals surface area (Å²) < 4.78 is 0.971. The predicted octanol–water partition coefficient (Wildman–Crippen LogP) is 4.14. The van der Waals surface area contributed by atoms with E-state index in [9.17, 15) is 0 Å². The highest BCUT2D eigenvalue weighted by atomic mass is 79.9. The van der Waals surface area contributed by atoms with Crippen LogP contribution in [0.2, 0.25) is 5.02 Å². The minimum atomic E-state index is 0.719. The molecule has 2 N–H and O–H groups in total. The van der Waals surface area contributed by atoms with E-state index in [1.54, 1.807) is 0 Å². The summed E-state index contributed by atoms with van der Waals surface area (Å²) >= 11 is 10.2. The summed E-state index contributed by atoms with van der Waals surface area (Å²) in [6.07, 6.45) is 0. The van der Waals surface area contributed by atoms with Gasteiger partial charge in [-0.25, -0.2) is 4.99 Å². The van der Waals surface area contributed by atoms with Crippen LogP contribution in [0.1, 0.15) is 5.56 Å². The minimum absolute atomic E-state index is 0.719. The van der Waals surface area contributed by atoms with Crippen molar-refractivity contribution >= 4 is 50.4 Å². The van der Waals surface area contributed by atoms with Crippen molar-refractivity contribution in [3.8, 4) is 0 Å². The smallest absolute Gasteiger partial charge is 0.140 e. The number of benzene rings is 2. The summed E-state index contributed by atoms with van der Waals surface area (Å²) in [5, 5.41) is 7.59. The van der Waals surface area contributed by atoms with Gasteiger partial charge in [-0.3, -0.25) is 0 Å².